The largest absolute Gasteiger partial charge is 0.319 e. The Morgan fingerprint density at radius 2 is 1.80 bits per heavy atom. The molecule has 2 N–H and O–H groups in total. The molecule has 1 saturated heterocycles. The Kier molecular flexibility index (Phi) is 7.49. The van der Waals surface area contributed by atoms with Gasteiger partial charge in [0.15, 0.2) is 0 Å². The van der Waals surface area contributed by atoms with Crippen LogP contribution < -0.4 is 5.32 Å². The number of likely N-dealkylation sites (tertiary alicyclic amines) is 1. The molecule has 7 nitrogen and oxygen atoms in total. The summed E-state index contributed by atoms with van der Waals surface area (Å²) in [5.74, 6) is 0.111. The van der Waals surface area contributed by atoms with Gasteiger partial charge in [0.2, 0.25) is 11.8 Å². The van der Waals surface area contributed by atoms with Gasteiger partial charge in [0.1, 0.15) is 0 Å². The van der Waals surface area contributed by atoms with Crippen molar-refractivity contribution < 1.29 is 22.6 Å². The molecule has 0 aromatic carbocycles. The monoisotopic (exact) mass is 324 g/mol. The molecule has 20 heavy (non-hydrogen) atoms. The SMILES string of the molecule is O=C1CCCC(=O)N1CCCCNCCSS(=O)(=O)O. The number of amides is 2. The highest BCUT2D eigenvalue weighted by molar-refractivity contribution is 8.69. The van der Waals surface area contributed by atoms with E-state index in [4.69, 9.17) is 4.55 Å². The van der Waals surface area contributed by atoms with E-state index in [-0.39, 0.29) is 17.6 Å². The Labute approximate surface area is 122 Å². The van der Waals surface area contributed by atoms with Crippen LogP contribution in [0.3, 0.4) is 0 Å². The van der Waals surface area contributed by atoms with Gasteiger partial charge < -0.3 is 5.32 Å². The van der Waals surface area contributed by atoms with Gasteiger partial charge in [0.05, 0.1) is 0 Å². The minimum absolute atomic E-state index is 0.0845. The fourth-order valence-electron chi connectivity index (χ4n) is 1.91. The quantitative estimate of drug-likeness (QED) is 0.274. The minimum Gasteiger partial charge on any atom is -0.316 e. The molecule has 0 aromatic rings. The second kappa shape index (κ2) is 8.60. The van der Waals surface area contributed by atoms with Gasteiger partial charge in [-0.25, -0.2) is 0 Å². The number of unbranched alkanes of at least 4 members (excludes halogenated alkanes) is 1. The van der Waals surface area contributed by atoms with Crippen LogP contribution in [0.25, 0.3) is 0 Å². The van der Waals surface area contributed by atoms with Gasteiger partial charge in [-0.1, -0.05) is 0 Å². The lowest BCUT2D eigenvalue weighted by Gasteiger charge is -2.24. The first-order valence-corrected chi connectivity index (χ1v) is 9.50. The predicted molar refractivity (Wildman–Crippen MR) is 76.7 cm³/mol. The molecule has 1 fully saturated rings. The van der Waals surface area contributed by atoms with Crippen LogP contribution in [0.2, 0.25) is 0 Å². The van der Waals surface area contributed by atoms with Crippen LogP contribution in [-0.4, -0.2) is 55.1 Å². The van der Waals surface area contributed by atoms with Gasteiger partial charge >= 0.3 is 9.15 Å². The molecule has 1 rings (SSSR count). The van der Waals surface area contributed by atoms with E-state index < -0.39 is 9.15 Å². The van der Waals surface area contributed by atoms with Gasteiger partial charge in [-0.3, -0.25) is 19.0 Å². The van der Waals surface area contributed by atoms with E-state index in [0.717, 1.165) is 12.8 Å². The summed E-state index contributed by atoms with van der Waals surface area (Å²) in [4.78, 5) is 24.4. The first kappa shape index (κ1) is 17.4. The maximum Gasteiger partial charge on any atom is 0.319 e. The average molecular weight is 324 g/mol. The highest BCUT2D eigenvalue weighted by Crippen LogP contribution is 2.12. The van der Waals surface area contributed by atoms with Crippen molar-refractivity contribution in [1.29, 1.82) is 0 Å². The van der Waals surface area contributed by atoms with E-state index in [0.29, 0.717) is 49.7 Å². The molecular weight excluding hydrogens is 304 g/mol. The average Bonchev–Trinajstić information content (AvgIpc) is 2.34. The third-order valence-electron chi connectivity index (χ3n) is 2.88. The minimum atomic E-state index is -3.95. The first-order valence-electron chi connectivity index (χ1n) is 6.56. The summed E-state index contributed by atoms with van der Waals surface area (Å²) in [5, 5.41) is 3.03. The van der Waals surface area contributed by atoms with E-state index in [2.05, 4.69) is 5.32 Å². The Balaban J connectivity index is 2.02. The summed E-state index contributed by atoms with van der Waals surface area (Å²) in [6, 6.07) is 0. The molecule has 0 saturated carbocycles. The molecular formula is C11H20N2O5S2. The zero-order valence-electron chi connectivity index (χ0n) is 11.2. The standard InChI is InChI=1S/C11H20N2O5S2/c14-10-4-3-5-11(15)13(10)8-2-1-6-12-7-9-19-20(16,17)18/h12H,1-9H2,(H,16,17,18). The lowest BCUT2D eigenvalue weighted by molar-refractivity contribution is -0.147. The van der Waals surface area contributed by atoms with Crippen molar-refractivity contribution in [3.8, 4) is 0 Å². The number of piperidine rings is 1. The molecule has 0 radical (unpaired) electrons. The van der Waals surface area contributed by atoms with E-state index >= 15 is 0 Å². The van der Waals surface area contributed by atoms with Crippen LogP contribution >= 0.6 is 10.8 Å². The van der Waals surface area contributed by atoms with Gasteiger partial charge in [0.25, 0.3) is 0 Å². The normalized spacial score (nSPS) is 16.8. The van der Waals surface area contributed by atoms with Crippen LogP contribution in [0, 0.1) is 0 Å². The third-order valence-corrected chi connectivity index (χ3v) is 4.94. The van der Waals surface area contributed by atoms with Gasteiger partial charge in [-0.2, -0.15) is 8.42 Å². The van der Waals surface area contributed by atoms with Crippen molar-refractivity contribution >= 4 is 31.8 Å². The molecule has 1 heterocycles. The fraction of sp³-hybridized carbons (Fsp3) is 0.818. The summed E-state index contributed by atoms with van der Waals surface area (Å²) >= 11 is 0. The topological polar surface area (TPSA) is 104 Å². The second-order valence-corrected chi connectivity index (χ2v) is 7.97. The van der Waals surface area contributed by atoms with E-state index in [1.165, 1.54) is 4.90 Å². The van der Waals surface area contributed by atoms with Crippen molar-refractivity contribution in [1.82, 2.24) is 10.2 Å². The summed E-state index contributed by atoms with van der Waals surface area (Å²) in [7, 11) is -3.46. The molecule has 0 aromatic heterocycles. The van der Waals surface area contributed by atoms with Crippen LogP contribution in [0.5, 0.6) is 0 Å². The number of nitrogens with zero attached hydrogens (tertiary/aromatic N) is 1. The van der Waals surface area contributed by atoms with Crippen LogP contribution in [0.1, 0.15) is 32.1 Å². The molecule has 0 bridgehead atoms. The van der Waals surface area contributed by atoms with E-state index in [1.54, 1.807) is 0 Å². The highest BCUT2D eigenvalue weighted by Gasteiger charge is 2.24. The van der Waals surface area contributed by atoms with Crippen molar-refractivity contribution in [2.75, 3.05) is 25.4 Å². The molecule has 9 heteroatoms. The summed E-state index contributed by atoms with van der Waals surface area (Å²) in [6.45, 7) is 1.62. The van der Waals surface area contributed by atoms with Crippen LogP contribution in [0.15, 0.2) is 0 Å². The number of hydrogen-bond donors (Lipinski definition) is 2. The molecule has 2 amide bonds. The lowest BCUT2D eigenvalue weighted by atomic mass is 10.1. The van der Waals surface area contributed by atoms with Crippen LogP contribution in [0.4, 0.5) is 0 Å². The summed E-state index contributed by atoms with van der Waals surface area (Å²) in [5.41, 5.74) is 0. The van der Waals surface area contributed by atoms with E-state index in [9.17, 15) is 18.0 Å². The van der Waals surface area contributed by atoms with Crippen LogP contribution in [-0.2, 0) is 18.7 Å². The Hall–Kier alpha value is -0.640. The molecule has 0 unspecified atom stereocenters. The number of imide groups is 1. The Morgan fingerprint density at radius 3 is 2.40 bits per heavy atom. The third kappa shape index (κ3) is 7.22. The van der Waals surface area contributed by atoms with Gasteiger partial charge in [-0.15, -0.1) is 0 Å². The zero-order valence-corrected chi connectivity index (χ0v) is 12.8. The number of rotatable bonds is 9. The summed E-state index contributed by atoms with van der Waals surface area (Å²) < 4.78 is 29.3. The Morgan fingerprint density at radius 1 is 1.15 bits per heavy atom. The van der Waals surface area contributed by atoms with Crippen molar-refractivity contribution in [2.24, 2.45) is 0 Å². The molecule has 116 valence electrons. The maximum absolute atomic E-state index is 11.5. The Bertz CT molecular complexity index is 422. The second-order valence-electron chi connectivity index (χ2n) is 4.50. The maximum atomic E-state index is 11.5. The highest BCUT2D eigenvalue weighted by atomic mass is 33.1. The number of hydrogen-bond acceptors (Lipinski definition) is 6. The summed E-state index contributed by atoms with van der Waals surface area (Å²) in [6.07, 6.45) is 3.10. The molecule has 0 atom stereocenters. The first-order chi connectivity index (χ1) is 9.40. The lowest BCUT2D eigenvalue weighted by Crippen LogP contribution is -2.40. The van der Waals surface area contributed by atoms with Crippen molar-refractivity contribution in [3.05, 3.63) is 0 Å². The number of nitrogens with one attached hydrogen (secondary N) is 1. The molecule has 0 aliphatic carbocycles. The zero-order chi connectivity index (χ0) is 15.0. The number of carbonyl (C=O) groups is 2. The van der Waals surface area contributed by atoms with E-state index in [1.807, 2.05) is 0 Å². The molecule has 1 aliphatic heterocycles. The van der Waals surface area contributed by atoms with Crippen molar-refractivity contribution in [2.45, 2.75) is 32.1 Å². The fourth-order valence-corrected chi connectivity index (χ4v) is 3.23. The molecule has 1 aliphatic rings. The predicted octanol–water partition coefficient (Wildman–Crippen LogP) is 0.431. The molecule has 0 spiro atoms. The van der Waals surface area contributed by atoms with Gasteiger partial charge in [0, 0.05) is 31.7 Å². The number of carbonyl (C=O) groups excluding carboxylic acids is 2. The van der Waals surface area contributed by atoms with Crippen molar-refractivity contribution in [3.63, 3.8) is 0 Å². The smallest absolute Gasteiger partial charge is 0.316 e. The van der Waals surface area contributed by atoms with Gasteiger partial charge in [-0.05, 0) is 36.6 Å².